The van der Waals surface area contributed by atoms with Crippen molar-refractivity contribution in [1.29, 1.82) is 0 Å². The van der Waals surface area contributed by atoms with Gasteiger partial charge in [0.1, 0.15) is 0 Å². The fourth-order valence-corrected chi connectivity index (χ4v) is 3.09. The highest BCUT2D eigenvalue weighted by Gasteiger charge is 2.27. The fourth-order valence-electron chi connectivity index (χ4n) is 2.18. The number of hydrogen-bond acceptors (Lipinski definition) is 5. The zero-order chi connectivity index (χ0) is 13.0. The first-order valence-electron chi connectivity index (χ1n) is 6.78. The zero-order valence-electron chi connectivity index (χ0n) is 11.5. The number of nitrogens with one attached hydrogen (secondary N) is 1. The van der Waals surface area contributed by atoms with Crippen LogP contribution in [0.15, 0.2) is 5.38 Å². The number of rotatable bonds is 5. The van der Waals surface area contributed by atoms with Crippen LogP contribution in [0, 0.1) is 0 Å². The summed E-state index contributed by atoms with van der Waals surface area (Å²) in [7, 11) is 0. The fraction of sp³-hybridized carbons (Fsp3) is 0.769. The number of aromatic nitrogens is 1. The molecule has 2 unspecified atom stereocenters. The van der Waals surface area contributed by atoms with Gasteiger partial charge in [-0.3, -0.25) is 0 Å². The second-order valence-corrected chi connectivity index (χ2v) is 5.60. The molecule has 0 radical (unpaired) electrons. The number of thiazole rings is 1. The molecule has 0 bridgehead atoms. The number of hydrogen-bond donors (Lipinski definition) is 1. The largest absolute Gasteiger partial charge is 0.375 e. The summed E-state index contributed by atoms with van der Waals surface area (Å²) in [6.45, 7) is 10.1. The number of ether oxygens (including phenoxy) is 1. The van der Waals surface area contributed by atoms with Crippen molar-refractivity contribution in [3.8, 4) is 0 Å². The average Bonchev–Trinajstić information content (AvgIpc) is 2.85. The minimum Gasteiger partial charge on any atom is -0.375 e. The van der Waals surface area contributed by atoms with E-state index in [0.717, 1.165) is 43.5 Å². The summed E-state index contributed by atoms with van der Waals surface area (Å²) in [6.07, 6.45) is 1.41. The Labute approximate surface area is 113 Å². The molecule has 0 spiro atoms. The molecule has 0 aromatic carbocycles. The van der Waals surface area contributed by atoms with Gasteiger partial charge in [0.05, 0.1) is 24.4 Å². The van der Waals surface area contributed by atoms with E-state index < -0.39 is 0 Å². The quantitative estimate of drug-likeness (QED) is 0.889. The van der Waals surface area contributed by atoms with E-state index in [9.17, 15) is 0 Å². The maximum atomic E-state index is 5.73. The molecule has 4 nitrogen and oxygen atoms in total. The molecular weight excluding hydrogens is 246 g/mol. The van der Waals surface area contributed by atoms with Crippen LogP contribution in [-0.2, 0) is 11.3 Å². The van der Waals surface area contributed by atoms with Crippen molar-refractivity contribution < 1.29 is 4.74 Å². The van der Waals surface area contributed by atoms with Gasteiger partial charge in [-0.1, -0.05) is 13.8 Å². The normalized spacial score (nSPS) is 24.5. The van der Waals surface area contributed by atoms with Crippen LogP contribution in [0.25, 0.3) is 0 Å². The standard InChI is InChI=1S/C13H23N3OS/c1-4-12-8-17-10(3)7-16(12)13-15-11(9-18-13)6-14-5-2/h9-10,12,14H,4-8H2,1-3H3. The van der Waals surface area contributed by atoms with Crippen molar-refractivity contribution in [3.63, 3.8) is 0 Å². The van der Waals surface area contributed by atoms with Gasteiger partial charge >= 0.3 is 0 Å². The highest BCUT2D eigenvalue weighted by molar-refractivity contribution is 7.13. The molecule has 2 rings (SSSR count). The summed E-state index contributed by atoms with van der Waals surface area (Å²) in [5.74, 6) is 0. The molecule has 102 valence electrons. The maximum absolute atomic E-state index is 5.73. The summed E-state index contributed by atoms with van der Waals surface area (Å²) in [5, 5.41) is 6.62. The molecule has 1 aromatic rings. The van der Waals surface area contributed by atoms with Gasteiger partial charge in [0.25, 0.3) is 0 Å². The molecule has 1 fully saturated rings. The molecular formula is C13H23N3OS. The molecule has 1 aliphatic rings. The van der Waals surface area contributed by atoms with Gasteiger partial charge in [-0.05, 0) is 19.9 Å². The summed E-state index contributed by atoms with van der Waals surface area (Å²) < 4.78 is 5.73. The second kappa shape index (κ2) is 6.50. The summed E-state index contributed by atoms with van der Waals surface area (Å²) in [6, 6.07) is 0.472. The Morgan fingerprint density at radius 1 is 1.56 bits per heavy atom. The molecule has 5 heteroatoms. The summed E-state index contributed by atoms with van der Waals surface area (Å²) in [4.78, 5) is 7.14. The highest BCUT2D eigenvalue weighted by Crippen LogP contribution is 2.26. The Hall–Kier alpha value is -0.650. The second-order valence-electron chi connectivity index (χ2n) is 4.76. The van der Waals surface area contributed by atoms with Crippen molar-refractivity contribution in [3.05, 3.63) is 11.1 Å². The topological polar surface area (TPSA) is 37.4 Å². The Balaban J connectivity index is 2.05. The summed E-state index contributed by atoms with van der Waals surface area (Å²) >= 11 is 1.75. The summed E-state index contributed by atoms with van der Waals surface area (Å²) in [5.41, 5.74) is 1.14. The van der Waals surface area contributed by atoms with E-state index in [0.29, 0.717) is 12.1 Å². The molecule has 0 amide bonds. The van der Waals surface area contributed by atoms with E-state index in [-0.39, 0.29) is 0 Å². The molecule has 1 aromatic heterocycles. The molecule has 2 heterocycles. The first-order valence-corrected chi connectivity index (χ1v) is 7.65. The zero-order valence-corrected chi connectivity index (χ0v) is 12.3. The van der Waals surface area contributed by atoms with Crippen LogP contribution in [0.2, 0.25) is 0 Å². The first kappa shape index (κ1) is 13.8. The molecule has 18 heavy (non-hydrogen) atoms. The third kappa shape index (κ3) is 3.22. The maximum Gasteiger partial charge on any atom is 0.185 e. The monoisotopic (exact) mass is 269 g/mol. The Morgan fingerprint density at radius 2 is 2.39 bits per heavy atom. The Bertz CT molecular complexity index is 369. The van der Waals surface area contributed by atoms with Crippen LogP contribution < -0.4 is 10.2 Å². The van der Waals surface area contributed by atoms with E-state index in [4.69, 9.17) is 9.72 Å². The van der Waals surface area contributed by atoms with Gasteiger partial charge < -0.3 is 15.0 Å². The third-order valence-corrected chi connectivity index (χ3v) is 4.21. The minimum atomic E-state index is 0.300. The predicted molar refractivity (Wildman–Crippen MR) is 76.3 cm³/mol. The molecule has 1 aliphatic heterocycles. The van der Waals surface area contributed by atoms with Gasteiger partial charge in [0.2, 0.25) is 0 Å². The number of anilines is 1. The van der Waals surface area contributed by atoms with Crippen molar-refractivity contribution in [1.82, 2.24) is 10.3 Å². The van der Waals surface area contributed by atoms with E-state index in [1.54, 1.807) is 11.3 Å². The lowest BCUT2D eigenvalue weighted by Gasteiger charge is -2.38. The van der Waals surface area contributed by atoms with E-state index in [1.165, 1.54) is 0 Å². The molecule has 1 N–H and O–H groups in total. The average molecular weight is 269 g/mol. The molecule has 2 atom stereocenters. The van der Waals surface area contributed by atoms with Gasteiger partial charge in [0, 0.05) is 18.5 Å². The van der Waals surface area contributed by atoms with Crippen molar-refractivity contribution >= 4 is 16.5 Å². The smallest absolute Gasteiger partial charge is 0.185 e. The van der Waals surface area contributed by atoms with E-state index in [1.807, 2.05) is 0 Å². The Kier molecular flexibility index (Phi) is 4.97. The number of nitrogens with zero attached hydrogens (tertiary/aromatic N) is 2. The molecule has 0 aliphatic carbocycles. The van der Waals surface area contributed by atoms with Crippen molar-refractivity contribution in [2.75, 3.05) is 24.6 Å². The third-order valence-electron chi connectivity index (χ3n) is 3.28. The van der Waals surface area contributed by atoms with E-state index >= 15 is 0 Å². The van der Waals surface area contributed by atoms with Crippen LogP contribution in [0.5, 0.6) is 0 Å². The lowest BCUT2D eigenvalue weighted by Crippen LogP contribution is -2.48. The van der Waals surface area contributed by atoms with Crippen LogP contribution in [0.3, 0.4) is 0 Å². The molecule has 0 saturated carbocycles. The van der Waals surface area contributed by atoms with Gasteiger partial charge in [-0.2, -0.15) is 0 Å². The van der Waals surface area contributed by atoms with Crippen LogP contribution in [-0.4, -0.2) is 36.8 Å². The van der Waals surface area contributed by atoms with Gasteiger partial charge in [0.15, 0.2) is 5.13 Å². The highest BCUT2D eigenvalue weighted by atomic mass is 32.1. The van der Waals surface area contributed by atoms with Crippen LogP contribution in [0.1, 0.15) is 32.9 Å². The minimum absolute atomic E-state index is 0.300. The lowest BCUT2D eigenvalue weighted by molar-refractivity contribution is 0.0299. The SMILES string of the molecule is CCNCc1csc(N2CC(C)OCC2CC)n1. The van der Waals surface area contributed by atoms with Crippen LogP contribution in [0.4, 0.5) is 5.13 Å². The predicted octanol–water partition coefficient (Wildman–Crippen LogP) is 2.26. The lowest BCUT2D eigenvalue weighted by atomic mass is 10.1. The van der Waals surface area contributed by atoms with Crippen LogP contribution >= 0.6 is 11.3 Å². The number of morpholine rings is 1. The van der Waals surface area contributed by atoms with E-state index in [2.05, 4.69) is 36.4 Å². The first-order chi connectivity index (χ1) is 8.74. The molecule has 1 saturated heterocycles. The van der Waals surface area contributed by atoms with Crippen molar-refractivity contribution in [2.24, 2.45) is 0 Å². The van der Waals surface area contributed by atoms with Gasteiger partial charge in [-0.15, -0.1) is 11.3 Å². The van der Waals surface area contributed by atoms with Gasteiger partial charge in [-0.25, -0.2) is 4.98 Å². The Morgan fingerprint density at radius 3 is 3.11 bits per heavy atom. The van der Waals surface area contributed by atoms with Crippen molar-refractivity contribution in [2.45, 2.75) is 45.9 Å².